The molecule has 0 saturated heterocycles. The van der Waals surface area contributed by atoms with Crippen LogP contribution in [-0.4, -0.2) is 16.8 Å². The molecule has 0 bridgehead atoms. The maximum Gasteiger partial charge on any atom is 0.234 e. The highest BCUT2D eigenvalue weighted by molar-refractivity contribution is 8.00. The van der Waals surface area contributed by atoms with E-state index in [2.05, 4.69) is 10.5 Å². The highest BCUT2D eigenvalue weighted by Crippen LogP contribution is 2.35. The Morgan fingerprint density at radius 2 is 2.29 bits per heavy atom. The Morgan fingerprint density at radius 1 is 1.41 bits per heavy atom. The summed E-state index contributed by atoms with van der Waals surface area (Å²) < 4.78 is 5.07. The average molecular weight is 247 g/mol. The number of aromatic nitrogens is 1. The number of nitrogens with one attached hydrogen (secondary N) is 1. The van der Waals surface area contributed by atoms with Gasteiger partial charge >= 0.3 is 0 Å². The van der Waals surface area contributed by atoms with E-state index in [0.717, 1.165) is 16.1 Å². The number of benzene rings is 1. The van der Waals surface area contributed by atoms with Crippen LogP contribution in [0.2, 0.25) is 0 Å². The number of anilines is 2. The first-order valence-corrected chi connectivity index (χ1v) is 6.00. The molecule has 1 aromatic carbocycles. The average Bonchev–Trinajstić information content (AvgIpc) is 2.75. The third-order valence-electron chi connectivity index (χ3n) is 2.43. The molecule has 2 aromatic rings. The summed E-state index contributed by atoms with van der Waals surface area (Å²) in [5.41, 5.74) is 7.14. The molecule has 5 nitrogen and oxygen atoms in total. The summed E-state index contributed by atoms with van der Waals surface area (Å²) in [5, 5.41) is 6.45. The van der Waals surface area contributed by atoms with Crippen LogP contribution in [0.15, 0.2) is 33.7 Å². The lowest BCUT2D eigenvalue weighted by atomic mass is 10.1. The summed E-state index contributed by atoms with van der Waals surface area (Å²) in [6, 6.07) is 7.38. The van der Waals surface area contributed by atoms with Crippen molar-refractivity contribution < 1.29 is 9.32 Å². The molecule has 1 aromatic heterocycles. The second-order valence-electron chi connectivity index (χ2n) is 3.66. The highest BCUT2D eigenvalue weighted by atomic mass is 32.2. The summed E-state index contributed by atoms with van der Waals surface area (Å²) in [7, 11) is 0. The number of hydrogen-bond donors (Lipinski definition) is 2. The first-order valence-electron chi connectivity index (χ1n) is 5.01. The number of rotatable bonds is 1. The summed E-state index contributed by atoms with van der Waals surface area (Å²) in [4.78, 5) is 12.3. The lowest BCUT2D eigenvalue weighted by molar-refractivity contribution is -0.113. The fourth-order valence-corrected chi connectivity index (χ4v) is 2.45. The molecule has 1 amide bonds. The van der Waals surface area contributed by atoms with Gasteiger partial charge in [0.15, 0.2) is 11.6 Å². The molecule has 1 aliphatic rings. The normalized spacial score (nSPS) is 14.2. The number of nitrogens with two attached hydrogens (primary N) is 1. The van der Waals surface area contributed by atoms with Gasteiger partial charge in [0.25, 0.3) is 0 Å². The number of nitrogens with zero attached hydrogens (tertiary/aromatic N) is 1. The lowest BCUT2D eigenvalue weighted by Gasteiger charge is -2.16. The Morgan fingerprint density at radius 3 is 3.06 bits per heavy atom. The number of carbonyl (C=O) groups excluding carboxylic acids is 1. The largest absolute Gasteiger partial charge is 0.381 e. The summed E-state index contributed by atoms with van der Waals surface area (Å²) in [6.07, 6.45) is 0. The van der Waals surface area contributed by atoms with Crippen LogP contribution in [0.1, 0.15) is 0 Å². The maximum absolute atomic E-state index is 11.3. The zero-order valence-corrected chi connectivity index (χ0v) is 9.58. The van der Waals surface area contributed by atoms with Crippen molar-refractivity contribution in [3.05, 3.63) is 24.3 Å². The Hall–Kier alpha value is -1.95. The summed E-state index contributed by atoms with van der Waals surface area (Å²) in [6.45, 7) is 0. The van der Waals surface area contributed by atoms with E-state index in [-0.39, 0.29) is 5.91 Å². The number of fused-ring (bicyclic) bond motifs is 1. The zero-order valence-electron chi connectivity index (χ0n) is 8.77. The first-order chi connectivity index (χ1) is 8.22. The number of thioether (sulfide) groups is 1. The predicted octanol–water partition coefficient (Wildman–Crippen LogP) is 1.97. The minimum absolute atomic E-state index is 0.0109. The maximum atomic E-state index is 11.3. The van der Waals surface area contributed by atoms with Crippen molar-refractivity contribution in [1.29, 1.82) is 0 Å². The van der Waals surface area contributed by atoms with Crippen LogP contribution in [0, 0.1) is 0 Å². The van der Waals surface area contributed by atoms with E-state index >= 15 is 0 Å². The smallest absolute Gasteiger partial charge is 0.234 e. The van der Waals surface area contributed by atoms with Crippen LogP contribution in [0.3, 0.4) is 0 Å². The molecule has 0 aliphatic carbocycles. The molecule has 0 atom stereocenters. The molecule has 0 spiro atoms. The van der Waals surface area contributed by atoms with Gasteiger partial charge < -0.3 is 15.6 Å². The summed E-state index contributed by atoms with van der Waals surface area (Å²) >= 11 is 1.52. The third kappa shape index (κ3) is 1.87. The van der Waals surface area contributed by atoms with Crippen LogP contribution in [0.4, 0.5) is 11.5 Å². The minimum Gasteiger partial charge on any atom is -0.381 e. The van der Waals surface area contributed by atoms with Crippen molar-refractivity contribution in [2.75, 3.05) is 16.8 Å². The van der Waals surface area contributed by atoms with Gasteiger partial charge in [-0.2, -0.15) is 0 Å². The molecule has 3 rings (SSSR count). The van der Waals surface area contributed by atoms with Crippen LogP contribution >= 0.6 is 11.8 Å². The zero-order chi connectivity index (χ0) is 11.8. The fourth-order valence-electron chi connectivity index (χ4n) is 1.66. The van der Waals surface area contributed by atoms with Gasteiger partial charge in [0, 0.05) is 16.5 Å². The van der Waals surface area contributed by atoms with E-state index in [1.807, 2.05) is 18.2 Å². The number of amides is 1. The third-order valence-corrected chi connectivity index (χ3v) is 3.50. The molecule has 6 heteroatoms. The van der Waals surface area contributed by atoms with Crippen LogP contribution in [0.25, 0.3) is 11.3 Å². The van der Waals surface area contributed by atoms with Crippen molar-refractivity contribution in [3.63, 3.8) is 0 Å². The van der Waals surface area contributed by atoms with Gasteiger partial charge in [0.05, 0.1) is 11.4 Å². The fraction of sp³-hybridized carbons (Fsp3) is 0.0909. The van der Waals surface area contributed by atoms with Gasteiger partial charge in [0.1, 0.15) is 0 Å². The number of hydrogen-bond acceptors (Lipinski definition) is 5. The molecule has 0 fully saturated rings. The van der Waals surface area contributed by atoms with Crippen LogP contribution in [0.5, 0.6) is 0 Å². The monoisotopic (exact) mass is 247 g/mol. The Balaban J connectivity index is 2.03. The van der Waals surface area contributed by atoms with Crippen molar-refractivity contribution in [2.45, 2.75) is 4.90 Å². The molecular weight excluding hydrogens is 238 g/mol. The molecule has 17 heavy (non-hydrogen) atoms. The Labute approximate surface area is 101 Å². The van der Waals surface area contributed by atoms with Crippen molar-refractivity contribution >= 4 is 29.2 Å². The topological polar surface area (TPSA) is 81.1 Å². The van der Waals surface area contributed by atoms with E-state index in [9.17, 15) is 4.79 Å². The molecule has 0 unspecified atom stereocenters. The van der Waals surface area contributed by atoms with Gasteiger partial charge in [-0.05, 0) is 18.2 Å². The Bertz CT molecular complexity index is 594. The van der Waals surface area contributed by atoms with E-state index in [4.69, 9.17) is 10.3 Å². The van der Waals surface area contributed by atoms with Gasteiger partial charge in [-0.3, -0.25) is 4.79 Å². The Kier molecular flexibility index (Phi) is 2.29. The number of carbonyl (C=O) groups is 1. The number of nitrogen functional groups attached to an aromatic ring is 1. The minimum atomic E-state index is 0.0109. The van der Waals surface area contributed by atoms with E-state index in [1.54, 1.807) is 6.07 Å². The molecule has 0 saturated carbocycles. The molecule has 1 aliphatic heterocycles. The van der Waals surface area contributed by atoms with Gasteiger partial charge in [0.2, 0.25) is 5.91 Å². The standard InChI is InChI=1S/C11H9N3O2S/c12-10-4-8(16-14-10)6-1-2-9-7(3-6)13-11(15)5-17-9/h1-4H,5H2,(H2,12,14)(H,13,15). The lowest BCUT2D eigenvalue weighted by Crippen LogP contribution is -2.18. The van der Waals surface area contributed by atoms with E-state index in [1.165, 1.54) is 11.8 Å². The second kappa shape index (κ2) is 3.81. The second-order valence-corrected chi connectivity index (χ2v) is 4.68. The van der Waals surface area contributed by atoms with Gasteiger partial charge in [-0.15, -0.1) is 11.8 Å². The quantitative estimate of drug-likeness (QED) is 0.805. The molecular formula is C11H9N3O2S. The van der Waals surface area contributed by atoms with Crippen molar-refractivity contribution in [2.24, 2.45) is 0 Å². The molecule has 86 valence electrons. The highest BCUT2D eigenvalue weighted by Gasteiger charge is 2.16. The van der Waals surface area contributed by atoms with Crippen molar-refractivity contribution in [1.82, 2.24) is 5.16 Å². The van der Waals surface area contributed by atoms with Crippen LogP contribution in [-0.2, 0) is 4.79 Å². The predicted molar refractivity (Wildman–Crippen MR) is 65.7 cm³/mol. The summed E-state index contributed by atoms with van der Waals surface area (Å²) in [5.74, 6) is 1.41. The van der Waals surface area contributed by atoms with E-state index in [0.29, 0.717) is 17.3 Å². The van der Waals surface area contributed by atoms with Gasteiger partial charge in [-0.25, -0.2) is 0 Å². The molecule has 2 heterocycles. The SMILES string of the molecule is Nc1cc(-c2ccc3c(c2)NC(=O)CS3)on1. The van der Waals surface area contributed by atoms with Gasteiger partial charge in [-0.1, -0.05) is 5.16 Å². The van der Waals surface area contributed by atoms with Crippen molar-refractivity contribution in [3.8, 4) is 11.3 Å². The van der Waals surface area contributed by atoms with E-state index < -0.39 is 0 Å². The molecule has 3 N–H and O–H groups in total. The first kappa shape index (κ1) is 10.2. The van der Waals surface area contributed by atoms with Crippen LogP contribution < -0.4 is 11.1 Å². The molecule has 0 radical (unpaired) electrons.